The van der Waals surface area contributed by atoms with Crippen LogP contribution < -0.4 is 0 Å². The van der Waals surface area contributed by atoms with Gasteiger partial charge in [0.15, 0.2) is 0 Å². The van der Waals surface area contributed by atoms with Crippen molar-refractivity contribution in [3.05, 3.63) is 0 Å². The normalized spacial score (nSPS) is 37.2. The highest BCUT2D eigenvalue weighted by molar-refractivity contribution is 14.1. The SMILES string of the molecule is CC(F)C[C@H]1CN(I)C1C. The average molecular weight is 257 g/mol. The van der Waals surface area contributed by atoms with Gasteiger partial charge in [0.05, 0.1) is 6.17 Å². The van der Waals surface area contributed by atoms with E-state index in [9.17, 15) is 4.39 Å². The zero-order chi connectivity index (χ0) is 7.72. The van der Waals surface area contributed by atoms with Crippen molar-refractivity contribution in [2.24, 2.45) is 5.92 Å². The van der Waals surface area contributed by atoms with E-state index in [-0.39, 0.29) is 0 Å². The first-order chi connectivity index (χ1) is 4.61. The molecule has 0 aromatic heterocycles. The second kappa shape index (κ2) is 3.34. The Labute approximate surface area is 75.5 Å². The van der Waals surface area contributed by atoms with Crippen molar-refractivity contribution >= 4 is 22.9 Å². The molecule has 3 heteroatoms. The van der Waals surface area contributed by atoms with Gasteiger partial charge in [-0.1, -0.05) is 0 Å². The second-order valence-corrected chi connectivity index (χ2v) is 4.34. The molecule has 0 bridgehead atoms. The second-order valence-electron chi connectivity index (χ2n) is 3.10. The van der Waals surface area contributed by atoms with E-state index in [4.69, 9.17) is 0 Å². The summed E-state index contributed by atoms with van der Waals surface area (Å²) < 4.78 is 14.7. The van der Waals surface area contributed by atoms with Gasteiger partial charge >= 0.3 is 0 Å². The lowest BCUT2D eigenvalue weighted by Gasteiger charge is -2.42. The van der Waals surface area contributed by atoms with Crippen molar-refractivity contribution in [3.63, 3.8) is 0 Å². The summed E-state index contributed by atoms with van der Waals surface area (Å²) in [7, 11) is 0. The first kappa shape index (κ1) is 8.71. The van der Waals surface area contributed by atoms with E-state index in [1.165, 1.54) is 0 Å². The molecule has 1 aliphatic heterocycles. The van der Waals surface area contributed by atoms with Gasteiger partial charge in [-0.15, -0.1) is 0 Å². The monoisotopic (exact) mass is 257 g/mol. The fraction of sp³-hybridized carbons (Fsp3) is 1.00. The predicted octanol–water partition coefficient (Wildman–Crippen LogP) is 2.40. The first-order valence-corrected chi connectivity index (χ1v) is 4.64. The van der Waals surface area contributed by atoms with Crippen molar-refractivity contribution in [1.29, 1.82) is 0 Å². The molecule has 0 saturated carbocycles. The molecule has 1 saturated heterocycles. The van der Waals surface area contributed by atoms with E-state index in [0.29, 0.717) is 12.0 Å². The van der Waals surface area contributed by atoms with Crippen LogP contribution in [0.5, 0.6) is 0 Å². The molecule has 1 fully saturated rings. The predicted molar refractivity (Wildman–Crippen MR) is 48.9 cm³/mol. The third kappa shape index (κ3) is 1.81. The minimum atomic E-state index is -0.627. The summed E-state index contributed by atoms with van der Waals surface area (Å²) in [5.74, 6) is 0.594. The first-order valence-electron chi connectivity index (χ1n) is 3.67. The lowest BCUT2D eigenvalue weighted by Crippen LogP contribution is -2.49. The molecule has 0 amide bonds. The Bertz CT molecular complexity index is 118. The molecule has 1 nitrogen and oxygen atoms in total. The lowest BCUT2D eigenvalue weighted by atomic mass is 9.88. The molecule has 1 aliphatic rings. The highest BCUT2D eigenvalue weighted by Crippen LogP contribution is 2.31. The van der Waals surface area contributed by atoms with E-state index in [0.717, 1.165) is 13.0 Å². The number of hydrogen-bond donors (Lipinski definition) is 0. The van der Waals surface area contributed by atoms with Crippen LogP contribution in [0, 0.1) is 5.92 Å². The Morgan fingerprint density at radius 1 is 1.80 bits per heavy atom. The van der Waals surface area contributed by atoms with E-state index < -0.39 is 6.17 Å². The summed E-state index contributed by atoms with van der Waals surface area (Å²) in [6.07, 6.45) is 0.110. The zero-order valence-corrected chi connectivity index (χ0v) is 8.51. The van der Waals surface area contributed by atoms with E-state index in [1.807, 2.05) is 0 Å². The van der Waals surface area contributed by atoms with Crippen molar-refractivity contribution in [1.82, 2.24) is 3.11 Å². The van der Waals surface area contributed by atoms with Gasteiger partial charge in [-0.05, 0) is 26.2 Å². The summed E-state index contributed by atoms with van der Waals surface area (Å²) in [5, 5.41) is 0. The van der Waals surface area contributed by atoms with Crippen molar-refractivity contribution in [2.45, 2.75) is 32.5 Å². The number of hydrogen-bond acceptors (Lipinski definition) is 1. The molecule has 1 heterocycles. The molecule has 0 aromatic carbocycles. The molecular formula is C7H13FIN. The Morgan fingerprint density at radius 3 is 2.70 bits per heavy atom. The van der Waals surface area contributed by atoms with Gasteiger partial charge in [0.1, 0.15) is 0 Å². The highest BCUT2D eigenvalue weighted by atomic mass is 127. The fourth-order valence-corrected chi connectivity index (χ4v) is 2.28. The molecular weight excluding hydrogens is 244 g/mol. The van der Waals surface area contributed by atoms with Gasteiger partial charge in [0.25, 0.3) is 0 Å². The summed E-state index contributed by atoms with van der Waals surface area (Å²) in [5.41, 5.74) is 0. The van der Waals surface area contributed by atoms with Crippen LogP contribution in [-0.2, 0) is 0 Å². The standard InChI is InChI=1S/C7H13FIN/c1-5(8)3-7-4-10(9)6(7)2/h5-7H,3-4H2,1-2H3/t5?,6?,7-/m0/s1. The molecule has 60 valence electrons. The van der Waals surface area contributed by atoms with Gasteiger partial charge in [-0.2, -0.15) is 0 Å². The van der Waals surface area contributed by atoms with Crippen molar-refractivity contribution in [3.8, 4) is 0 Å². The number of alkyl halides is 1. The van der Waals surface area contributed by atoms with Gasteiger partial charge in [-0.25, -0.2) is 7.50 Å². The third-order valence-corrected chi connectivity index (χ3v) is 3.43. The molecule has 0 aromatic rings. The summed E-state index contributed by atoms with van der Waals surface area (Å²) in [6.45, 7) is 4.86. The minimum absolute atomic E-state index is 0.582. The number of halogens is 2. The molecule has 10 heavy (non-hydrogen) atoms. The van der Waals surface area contributed by atoms with E-state index in [1.54, 1.807) is 6.92 Å². The molecule has 2 unspecified atom stereocenters. The Morgan fingerprint density at radius 2 is 2.40 bits per heavy atom. The van der Waals surface area contributed by atoms with Gasteiger partial charge < -0.3 is 0 Å². The minimum Gasteiger partial charge on any atom is -0.248 e. The topological polar surface area (TPSA) is 3.24 Å². The van der Waals surface area contributed by atoms with Gasteiger partial charge in [0, 0.05) is 35.5 Å². The van der Waals surface area contributed by atoms with Gasteiger partial charge in [-0.3, -0.25) is 0 Å². The summed E-state index contributed by atoms with van der Waals surface area (Å²) in [6, 6.07) is 0.582. The van der Waals surface area contributed by atoms with Gasteiger partial charge in [0.2, 0.25) is 0 Å². The van der Waals surface area contributed by atoms with Crippen LogP contribution in [0.15, 0.2) is 0 Å². The molecule has 1 rings (SSSR count). The third-order valence-electron chi connectivity index (χ3n) is 2.16. The molecule has 0 N–H and O–H groups in total. The van der Waals surface area contributed by atoms with Crippen LogP contribution in [0.25, 0.3) is 0 Å². The maximum absolute atomic E-state index is 12.5. The smallest absolute Gasteiger partial charge is 0.0977 e. The lowest BCUT2D eigenvalue weighted by molar-refractivity contribution is 0.113. The van der Waals surface area contributed by atoms with E-state index >= 15 is 0 Å². The largest absolute Gasteiger partial charge is 0.248 e. The van der Waals surface area contributed by atoms with Crippen LogP contribution in [-0.4, -0.2) is 21.9 Å². The number of nitrogens with zero attached hydrogens (tertiary/aromatic N) is 1. The van der Waals surface area contributed by atoms with Crippen LogP contribution in [0.1, 0.15) is 20.3 Å². The van der Waals surface area contributed by atoms with Crippen molar-refractivity contribution in [2.75, 3.05) is 6.54 Å². The molecule has 0 radical (unpaired) electrons. The average Bonchev–Trinajstić information content (AvgIpc) is 1.86. The summed E-state index contributed by atoms with van der Waals surface area (Å²) in [4.78, 5) is 0. The highest BCUT2D eigenvalue weighted by Gasteiger charge is 2.34. The summed E-state index contributed by atoms with van der Waals surface area (Å²) >= 11 is 2.29. The zero-order valence-electron chi connectivity index (χ0n) is 6.35. The maximum Gasteiger partial charge on any atom is 0.0977 e. The van der Waals surface area contributed by atoms with Crippen LogP contribution in [0.4, 0.5) is 4.39 Å². The van der Waals surface area contributed by atoms with Crippen LogP contribution >= 0.6 is 22.9 Å². The maximum atomic E-state index is 12.5. The van der Waals surface area contributed by atoms with Crippen molar-refractivity contribution < 1.29 is 4.39 Å². The molecule has 0 spiro atoms. The fourth-order valence-electron chi connectivity index (χ4n) is 1.32. The molecule has 3 atom stereocenters. The quantitative estimate of drug-likeness (QED) is 0.542. The van der Waals surface area contributed by atoms with Crippen LogP contribution in [0.3, 0.4) is 0 Å². The van der Waals surface area contributed by atoms with Crippen LogP contribution in [0.2, 0.25) is 0 Å². The Hall–Kier alpha value is 0.620. The Balaban J connectivity index is 2.20. The molecule has 0 aliphatic carbocycles. The van der Waals surface area contributed by atoms with E-state index in [2.05, 4.69) is 32.9 Å². The number of rotatable bonds is 2. The Kier molecular flexibility index (Phi) is 2.91.